The number of hydrogen-bond acceptors (Lipinski definition) is 5. The normalized spacial score (nSPS) is 22.2. The average Bonchev–Trinajstić information content (AvgIpc) is 2.62. The summed E-state index contributed by atoms with van der Waals surface area (Å²) < 4.78 is 32.9. The van der Waals surface area contributed by atoms with Crippen LogP contribution in [0.3, 0.4) is 0 Å². The molecule has 0 aliphatic carbocycles. The largest absolute Gasteiger partial charge is 0.373 e. The molecule has 1 aliphatic rings. The number of carbonyl (C=O) groups excluding carboxylic acids is 1. The zero-order valence-corrected chi connectivity index (χ0v) is 18.5. The summed E-state index contributed by atoms with van der Waals surface area (Å²) in [6.45, 7) is 13.4. The Bertz CT molecular complexity index is 783. The third-order valence-corrected chi connectivity index (χ3v) is 7.35. The SMILES string of the molecule is CCN(CC)S(=O)(=O)c1cc(NC(=O)C(C)N2CC(C)OC(C)C2)ccc1C. The number of nitrogens with one attached hydrogen (secondary N) is 1. The first-order valence-electron chi connectivity index (χ1n) is 9.91. The molecule has 2 rings (SSSR count). The number of ether oxygens (including phenoxy) is 1. The van der Waals surface area contributed by atoms with Crippen molar-refractivity contribution in [2.24, 2.45) is 0 Å². The van der Waals surface area contributed by atoms with Gasteiger partial charge in [-0.05, 0) is 45.4 Å². The average molecular weight is 412 g/mol. The van der Waals surface area contributed by atoms with Crippen LogP contribution in [0.15, 0.2) is 23.1 Å². The zero-order valence-electron chi connectivity index (χ0n) is 17.7. The molecular formula is C20H33N3O4S. The molecule has 8 heteroatoms. The highest BCUT2D eigenvalue weighted by Gasteiger charge is 2.30. The van der Waals surface area contributed by atoms with E-state index in [-0.39, 0.29) is 29.1 Å². The number of hydrogen-bond donors (Lipinski definition) is 1. The van der Waals surface area contributed by atoms with Gasteiger partial charge in [0.15, 0.2) is 0 Å². The molecule has 0 radical (unpaired) electrons. The number of amides is 1. The van der Waals surface area contributed by atoms with E-state index in [9.17, 15) is 13.2 Å². The van der Waals surface area contributed by atoms with Crippen molar-refractivity contribution >= 4 is 21.6 Å². The topological polar surface area (TPSA) is 79.0 Å². The fourth-order valence-corrected chi connectivity index (χ4v) is 5.31. The smallest absolute Gasteiger partial charge is 0.243 e. The van der Waals surface area contributed by atoms with Crippen LogP contribution < -0.4 is 5.32 Å². The fraction of sp³-hybridized carbons (Fsp3) is 0.650. The first-order valence-corrected chi connectivity index (χ1v) is 11.3. The Balaban J connectivity index is 2.19. The molecular weight excluding hydrogens is 378 g/mol. The number of morpholine rings is 1. The van der Waals surface area contributed by atoms with Gasteiger partial charge in [-0.25, -0.2) is 8.42 Å². The molecule has 3 unspecified atom stereocenters. The standard InChI is InChI=1S/C20H33N3O4S/c1-7-23(8-2)28(25,26)19-11-18(10-9-14(19)3)21-20(24)17(6)22-12-15(4)27-16(5)13-22/h9-11,15-17H,7-8,12-13H2,1-6H3,(H,21,24). The molecule has 1 saturated heterocycles. The molecule has 7 nitrogen and oxygen atoms in total. The maximum atomic E-state index is 12.9. The Morgan fingerprint density at radius 1 is 1.25 bits per heavy atom. The van der Waals surface area contributed by atoms with E-state index in [0.29, 0.717) is 37.4 Å². The van der Waals surface area contributed by atoms with Gasteiger partial charge in [0, 0.05) is 31.9 Å². The third-order valence-electron chi connectivity index (χ3n) is 5.15. The maximum Gasteiger partial charge on any atom is 0.243 e. The lowest BCUT2D eigenvalue weighted by atomic mass is 10.1. The van der Waals surface area contributed by atoms with E-state index in [1.54, 1.807) is 25.1 Å². The molecule has 1 aliphatic heterocycles. The van der Waals surface area contributed by atoms with Crippen LogP contribution in [0.4, 0.5) is 5.69 Å². The molecule has 158 valence electrons. The lowest BCUT2D eigenvalue weighted by Crippen LogP contribution is -2.52. The zero-order chi connectivity index (χ0) is 21.1. The van der Waals surface area contributed by atoms with Crippen LogP contribution in [-0.4, -0.2) is 68.0 Å². The molecule has 1 fully saturated rings. The highest BCUT2D eigenvalue weighted by Crippen LogP contribution is 2.24. The predicted molar refractivity (Wildman–Crippen MR) is 111 cm³/mol. The molecule has 0 spiro atoms. The summed E-state index contributed by atoms with van der Waals surface area (Å²) in [7, 11) is -3.59. The number of sulfonamides is 1. The lowest BCUT2D eigenvalue weighted by Gasteiger charge is -2.38. The van der Waals surface area contributed by atoms with Gasteiger partial charge in [-0.3, -0.25) is 9.69 Å². The summed E-state index contributed by atoms with van der Waals surface area (Å²) in [6.07, 6.45) is 0.147. The van der Waals surface area contributed by atoms with Crippen LogP contribution in [0.5, 0.6) is 0 Å². The minimum atomic E-state index is -3.59. The first kappa shape index (κ1) is 22.8. The van der Waals surface area contributed by atoms with Crippen LogP contribution in [0.1, 0.15) is 40.2 Å². The number of rotatable bonds is 7. The minimum Gasteiger partial charge on any atom is -0.373 e. The number of aryl methyl sites for hydroxylation is 1. The monoisotopic (exact) mass is 411 g/mol. The number of carbonyl (C=O) groups is 1. The summed E-state index contributed by atoms with van der Waals surface area (Å²) in [6, 6.07) is 4.69. The van der Waals surface area contributed by atoms with Crippen molar-refractivity contribution in [3.05, 3.63) is 23.8 Å². The molecule has 1 aromatic carbocycles. The summed E-state index contributed by atoms with van der Waals surface area (Å²) in [5, 5.41) is 2.88. The molecule has 0 saturated carbocycles. The van der Waals surface area contributed by atoms with Crippen molar-refractivity contribution in [2.75, 3.05) is 31.5 Å². The summed E-state index contributed by atoms with van der Waals surface area (Å²) >= 11 is 0. The van der Waals surface area contributed by atoms with Gasteiger partial charge in [-0.15, -0.1) is 0 Å². The van der Waals surface area contributed by atoms with Crippen molar-refractivity contribution in [3.63, 3.8) is 0 Å². The van der Waals surface area contributed by atoms with E-state index in [2.05, 4.69) is 10.2 Å². The molecule has 0 aromatic heterocycles. The van der Waals surface area contributed by atoms with Gasteiger partial charge in [-0.1, -0.05) is 19.9 Å². The predicted octanol–water partition coefficient (Wildman–Crippen LogP) is 2.46. The molecule has 1 amide bonds. The van der Waals surface area contributed by atoms with E-state index < -0.39 is 10.0 Å². The van der Waals surface area contributed by atoms with E-state index in [4.69, 9.17) is 4.74 Å². The number of benzene rings is 1. The second-order valence-corrected chi connectivity index (χ2v) is 9.35. The van der Waals surface area contributed by atoms with Crippen molar-refractivity contribution in [1.29, 1.82) is 0 Å². The van der Waals surface area contributed by atoms with E-state index in [0.717, 1.165) is 0 Å². The lowest BCUT2D eigenvalue weighted by molar-refractivity contribution is -0.126. The Morgan fingerprint density at radius 3 is 2.36 bits per heavy atom. The Kier molecular flexibility index (Phi) is 7.61. The summed E-state index contributed by atoms with van der Waals surface area (Å²) in [5.74, 6) is -0.156. The van der Waals surface area contributed by atoms with Crippen LogP contribution >= 0.6 is 0 Å². The van der Waals surface area contributed by atoms with Gasteiger partial charge in [0.05, 0.1) is 23.1 Å². The first-order chi connectivity index (χ1) is 13.1. The number of nitrogens with zero attached hydrogens (tertiary/aromatic N) is 2. The molecule has 3 atom stereocenters. The molecule has 28 heavy (non-hydrogen) atoms. The van der Waals surface area contributed by atoms with Gasteiger partial charge >= 0.3 is 0 Å². The Labute approximate surface area is 169 Å². The second kappa shape index (κ2) is 9.35. The van der Waals surface area contributed by atoms with Crippen molar-refractivity contribution < 1.29 is 17.9 Å². The van der Waals surface area contributed by atoms with E-state index in [1.165, 1.54) is 4.31 Å². The van der Waals surface area contributed by atoms with Crippen LogP contribution in [0, 0.1) is 6.92 Å². The summed E-state index contributed by atoms with van der Waals surface area (Å²) in [4.78, 5) is 15.1. The Morgan fingerprint density at radius 2 is 1.82 bits per heavy atom. The van der Waals surface area contributed by atoms with E-state index in [1.807, 2.05) is 34.6 Å². The van der Waals surface area contributed by atoms with Crippen molar-refractivity contribution in [3.8, 4) is 0 Å². The van der Waals surface area contributed by atoms with Gasteiger partial charge in [0.25, 0.3) is 0 Å². The third kappa shape index (κ3) is 5.11. The molecule has 0 bridgehead atoms. The minimum absolute atomic E-state index is 0.0733. The van der Waals surface area contributed by atoms with Gasteiger partial charge in [-0.2, -0.15) is 4.31 Å². The van der Waals surface area contributed by atoms with Crippen molar-refractivity contribution in [2.45, 2.75) is 64.7 Å². The van der Waals surface area contributed by atoms with Crippen LogP contribution in [-0.2, 0) is 19.6 Å². The molecule has 1 N–H and O–H groups in total. The fourth-order valence-electron chi connectivity index (χ4n) is 3.60. The van der Waals surface area contributed by atoms with Gasteiger partial charge in [0.2, 0.25) is 15.9 Å². The molecule has 1 aromatic rings. The highest BCUT2D eigenvalue weighted by molar-refractivity contribution is 7.89. The maximum absolute atomic E-state index is 12.9. The second-order valence-electron chi connectivity index (χ2n) is 7.45. The highest BCUT2D eigenvalue weighted by atomic mass is 32.2. The van der Waals surface area contributed by atoms with Gasteiger partial charge in [0.1, 0.15) is 0 Å². The quantitative estimate of drug-likeness (QED) is 0.746. The van der Waals surface area contributed by atoms with Gasteiger partial charge < -0.3 is 10.1 Å². The van der Waals surface area contributed by atoms with E-state index >= 15 is 0 Å². The summed E-state index contributed by atoms with van der Waals surface area (Å²) in [5.41, 5.74) is 1.15. The van der Waals surface area contributed by atoms with Crippen LogP contribution in [0.25, 0.3) is 0 Å². The molecule has 1 heterocycles. The Hall–Kier alpha value is -1.48. The van der Waals surface area contributed by atoms with Crippen molar-refractivity contribution in [1.82, 2.24) is 9.21 Å². The number of anilines is 1. The van der Waals surface area contributed by atoms with Crippen LogP contribution in [0.2, 0.25) is 0 Å².